The van der Waals surface area contributed by atoms with Crippen LogP contribution in [0, 0.1) is 29.6 Å². The van der Waals surface area contributed by atoms with Crippen LogP contribution in [0.3, 0.4) is 0 Å². The lowest BCUT2D eigenvalue weighted by Gasteiger charge is -2.43. The highest BCUT2D eigenvalue weighted by Crippen LogP contribution is 2.49. The van der Waals surface area contributed by atoms with Crippen LogP contribution in [0.5, 0.6) is 0 Å². The fourth-order valence-electron chi connectivity index (χ4n) is 8.28. The van der Waals surface area contributed by atoms with Crippen molar-refractivity contribution in [3.05, 3.63) is 36.3 Å². The maximum absolute atomic E-state index is 14.2. The number of rotatable bonds is 13. The molecule has 9 N–H and O–H groups in total. The average molecular weight is 821 g/mol. The summed E-state index contributed by atoms with van der Waals surface area (Å²) < 4.78 is 57.2. The van der Waals surface area contributed by atoms with E-state index >= 15 is 0 Å². The Morgan fingerprint density at radius 2 is 1.35 bits per heavy atom. The molecular weight excluding hydrogens is 768 g/mol. The Hall–Kier alpha value is -2.84. The Morgan fingerprint density at radius 3 is 1.89 bits per heavy atom. The lowest BCUT2D eigenvalue weighted by molar-refractivity contribution is -0.342. The van der Waals surface area contributed by atoms with Crippen LogP contribution >= 0.6 is 0 Å². The van der Waals surface area contributed by atoms with Gasteiger partial charge in [-0.3, -0.25) is 0 Å². The Morgan fingerprint density at radius 1 is 0.772 bits per heavy atom. The molecule has 1 saturated carbocycles. The first-order chi connectivity index (χ1) is 27.3. The van der Waals surface area contributed by atoms with Crippen molar-refractivity contribution in [1.82, 2.24) is 0 Å². The molecule has 21 nitrogen and oxygen atoms in total. The molecule has 4 fully saturated rings. The summed E-state index contributed by atoms with van der Waals surface area (Å²) in [4.78, 5) is 27.1. The molecule has 57 heavy (non-hydrogen) atoms. The van der Waals surface area contributed by atoms with Gasteiger partial charge in [0.15, 0.2) is 18.9 Å². The van der Waals surface area contributed by atoms with Crippen LogP contribution in [-0.4, -0.2) is 184 Å². The van der Waals surface area contributed by atoms with E-state index in [1.54, 1.807) is 6.92 Å². The van der Waals surface area contributed by atoms with Crippen molar-refractivity contribution in [2.45, 2.75) is 112 Å². The van der Waals surface area contributed by atoms with Crippen molar-refractivity contribution < 1.29 is 103 Å². The monoisotopic (exact) mass is 820 g/mol. The first-order valence-electron chi connectivity index (χ1n) is 18.7. The number of methoxy groups -OCH3 is 1. The highest BCUT2D eigenvalue weighted by atomic mass is 16.8. The molecule has 322 valence electrons. The van der Waals surface area contributed by atoms with Gasteiger partial charge in [0.25, 0.3) is 0 Å². The van der Waals surface area contributed by atoms with Crippen LogP contribution in [0.4, 0.5) is 0 Å². The van der Waals surface area contributed by atoms with Crippen molar-refractivity contribution in [3.8, 4) is 0 Å². The van der Waals surface area contributed by atoms with Crippen LogP contribution in [-0.2, 0) is 57.0 Å². The molecule has 6 rings (SSSR count). The van der Waals surface area contributed by atoms with Gasteiger partial charge in [0.1, 0.15) is 61.0 Å². The number of esters is 2. The van der Waals surface area contributed by atoms with E-state index in [1.807, 2.05) is 0 Å². The number of ether oxygens (including phenoxy) is 10. The van der Waals surface area contributed by atoms with Gasteiger partial charge in [-0.05, 0) is 6.42 Å². The van der Waals surface area contributed by atoms with Crippen molar-refractivity contribution >= 4 is 11.9 Å². The van der Waals surface area contributed by atoms with E-state index in [-0.39, 0.29) is 37.2 Å². The third-order valence-corrected chi connectivity index (χ3v) is 11.6. The standard InChI is InChI=1S/C36H52O21/c1-4-15-16(6-23-49-10-14(7-37)52-23)18(11-50-33(15)56-35-29(44)27(42)25(40)21(8-38)54-35)32(47)53-20-5-17-19(31(46)48-3)12-51-34(24(17)13(20)2)57-36-30(45)28(43)26(41)22(9-39)55-36/h4,11-17,20-30,33-45H,1,5-10H2,2-3H3/t13-,14+,15+,16-,17+,20-,21+,22+,23+,24-,25-,26-,27-,28-,29+,30+,33-,34-,35-,36-/m0/s1. The molecule has 6 aliphatic rings. The lowest BCUT2D eigenvalue weighted by atomic mass is 9.81. The SMILES string of the molecule is C=C[C@H]1[C@H](O[C@@H]2O[C@H](CO)[C@H](O)[C@H](O)[C@H]2O)OC=C(C(=O)O[C@H]2C[C@@H]3C(C(=O)OC)=CO[C@@H](O[C@@H]4O[C@H](CO)[C@H](O)[C@H](O)[C@H]4O)[C@H]3[C@H]2C)[C@H]1C[C@@H]1OC[C@@H](CO)O1. The zero-order valence-corrected chi connectivity index (χ0v) is 31.2. The summed E-state index contributed by atoms with van der Waals surface area (Å²) in [5, 5.41) is 91.3. The van der Waals surface area contributed by atoms with Crippen molar-refractivity contribution in [3.63, 3.8) is 0 Å². The number of fused-ring (bicyclic) bond motifs is 1. The van der Waals surface area contributed by atoms with Gasteiger partial charge in [-0.2, -0.15) is 0 Å². The first kappa shape index (κ1) is 43.7. The lowest BCUT2D eigenvalue weighted by Crippen LogP contribution is -2.60. The van der Waals surface area contributed by atoms with Crippen LogP contribution in [0.1, 0.15) is 19.8 Å². The molecule has 3 saturated heterocycles. The third kappa shape index (κ3) is 8.74. The van der Waals surface area contributed by atoms with Gasteiger partial charge in [-0.15, -0.1) is 6.58 Å². The second-order valence-electron chi connectivity index (χ2n) is 14.9. The highest BCUT2D eigenvalue weighted by Gasteiger charge is 2.56. The molecular formula is C36H52O21. The van der Waals surface area contributed by atoms with E-state index in [0.717, 1.165) is 12.5 Å². The van der Waals surface area contributed by atoms with Gasteiger partial charge in [0, 0.05) is 36.0 Å². The van der Waals surface area contributed by atoms with E-state index < -0.39 is 147 Å². The Bertz CT molecular complexity index is 1470. The largest absolute Gasteiger partial charge is 0.472 e. The van der Waals surface area contributed by atoms with E-state index in [0.29, 0.717) is 0 Å². The quantitative estimate of drug-likeness (QED) is 0.0632. The second-order valence-corrected chi connectivity index (χ2v) is 14.9. The molecule has 5 heterocycles. The van der Waals surface area contributed by atoms with Gasteiger partial charge in [0.05, 0.1) is 57.2 Å². The zero-order chi connectivity index (χ0) is 41.3. The smallest absolute Gasteiger partial charge is 0.337 e. The zero-order valence-electron chi connectivity index (χ0n) is 31.2. The number of aliphatic hydroxyl groups excluding tert-OH is 9. The van der Waals surface area contributed by atoms with Gasteiger partial charge in [-0.25, -0.2) is 9.59 Å². The fourth-order valence-corrected chi connectivity index (χ4v) is 8.28. The van der Waals surface area contributed by atoms with Gasteiger partial charge in [-0.1, -0.05) is 13.0 Å². The van der Waals surface area contributed by atoms with Crippen LogP contribution in [0.15, 0.2) is 36.3 Å². The molecule has 21 heteroatoms. The van der Waals surface area contributed by atoms with Crippen molar-refractivity contribution in [2.24, 2.45) is 29.6 Å². The minimum atomic E-state index is -1.76. The Labute approximate surface area is 326 Å². The maximum Gasteiger partial charge on any atom is 0.337 e. The molecule has 0 aromatic carbocycles. The summed E-state index contributed by atoms with van der Waals surface area (Å²) in [5.41, 5.74) is 0.109. The maximum atomic E-state index is 14.2. The minimum Gasteiger partial charge on any atom is -0.472 e. The molecule has 5 aliphatic heterocycles. The number of aliphatic hydroxyl groups is 9. The highest BCUT2D eigenvalue weighted by molar-refractivity contribution is 5.90. The third-order valence-electron chi connectivity index (χ3n) is 11.6. The molecule has 0 bridgehead atoms. The van der Waals surface area contributed by atoms with Crippen molar-refractivity contribution in [2.75, 3.05) is 33.5 Å². The average Bonchev–Trinajstić information content (AvgIpc) is 3.81. The van der Waals surface area contributed by atoms with Gasteiger partial charge < -0.3 is 93.3 Å². The summed E-state index contributed by atoms with van der Waals surface area (Å²) in [7, 11) is 1.19. The minimum absolute atomic E-state index is 0.00440. The predicted molar refractivity (Wildman–Crippen MR) is 182 cm³/mol. The molecule has 0 amide bonds. The summed E-state index contributed by atoms with van der Waals surface area (Å²) in [6.07, 6.45) is -17.2. The number of carbonyl (C=O) groups is 2. The van der Waals surface area contributed by atoms with Crippen molar-refractivity contribution in [1.29, 1.82) is 0 Å². The normalized spacial score (nSPS) is 45.8. The fraction of sp³-hybridized carbons (Fsp3) is 0.778. The van der Waals surface area contributed by atoms with Gasteiger partial charge >= 0.3 is 11.9 Å². The summed E-state index contributed by atoms with van der Waals surface area (Å²) in [6, 6.07) is 0. The summed E-state index contributed by atoms with van der Waals surface area (Å²) >= 11 is 0. The Kier molecular flexibility index (Phi) is 14.3. The number of hydrogen-bond donors (Lipinski definition) is 9. The molecule has 0 unspecified atom stereocenters. The van der Waals surface area contributed by atoms with E-state index in [4.69, 9.17) is 47.4 Å². The molecule has 0 aromatic heterocycles. The van der Waals surface area contributed by atoms with E-state index in [2.05, 4.69) is 6.58 Å². The molecule has 20 atom stereocenters. The van der Waals surface area contributed by atoms with E-state index in [1.165, 1.54) is 13.2 Å². The molecule has 0 spiro atoms. The van der Waals surface area contributed by atoms with Crippen LogP contribution in [0.2, 0.25) is 0 Å². The molecule has 1 aliphatic carbocycles. The number of carbonyl (C=O) groups excluding carboxylic acids is 2. The molecule has 0 aromatic rings. The van der Waals surface area contributed by atoms with Gasteiger partial charge in [0.2, 0.25) is 12.6 Å². The summed E-state index contributed by atoms with van der Waals surface area (Å²) in [5.74, 6) is -5.32. The number of hydrogen-bond acceptors (Lipinski definition) is 21. The van der Waals surface area contributed by atoms with Crippen LogP contribution in [0.25, 0.3) is 0 Å². The molecule has 0 radical (unpaired) electrons. The predicted octanol–water partition coefficient (Wildman–Crippen LogP) is -4.00. The van der Waals surface area contributed by atoms with E-state index in [9.17, 15) is 55.5 Å². The topological polar surface area (TPSA) is 309 Å². The first-order valence-corrected chi connectivity index (χ1v) is 18.7. The second kappa shape index (κ2) is 18.6. The van der Waals surface area contributed by atoms with Crippen LogP contribution < -0.4 is 0 Å². The Balaban J connectivity index is 1.23. The summed E-state index contributed by atoms with van der Waals surface area (Å²) in [6.45, 7) is 3.97.